The maximum atomic E-state index is 11.7. The minimum Gasteiger partial charge on any atom is -0.493 e. The monoisotopic (exact) mass is 322 g/mol. The molecule has 0 atom stereocenters. The van der Waals surface area contributed by atoms with Gasteiger partial charge < -0.3 is 4.74 Å². The Morgan fingerprint density at radius 2 is 2.21 bits per heavy atom. The first-order chi connectivity index (χ1) is 9.13. The van der Waals surface area contributed by atoms with E-state index in [4.69, 9.17) is 4.74 Å². The summed E-state index contributed by atoms with van der Waals surface area (Å²) in [6.45, 7) is 1.04. The molecule has 0 bridgehead atoms. The van der Waals surface area contributed by atoms with E-state index in [9.17, 15) is 9.59 Å². The number of benzene rings is 1. The molecule has 1 N–H and O–H groups in total. The Labute approximate surface area is 117 Å². The molecule has 1 aliphatic heterocycles. The fraction of sp³-hybridized carbons (Fsp3) is 0.231. The summed E-state index contributed by atoms with van der Waals surface area (Å²) in [5.74, 6) is 0.848. The number of halogens is 1. The quantitative estimate of drug-likeness (QED) is 0.906. The predicted octanol–water partition coefficient (Wildman–Crippen LogP) is 1.28. The summed E-state index contributed by atoms with van der Waals surface area (Å²) in [6.07, 6.45) is 2.37. The molecule has 2 heterocycles. The van der Waals surface area contributed by atoms with Crippen LogP contribution in [0.2, 0.25) is 0 Å². The molecule has 1 aliphatic rings. The average molecular weight is 323 g/mol. The fourth-order valence-corrected chi connectivity index (χ4v) is 2.77. The second-order valence-corrected chi connectivity index (χ2v) is 5.31. The van der Waals surface area contributed by atoms with E-state index in [0.717, 1.165) is 27.8 Å². The highest BCUT2D eigenvalue weighted by Crippen LogP contribution is 2.33. The smallest absolute Gasteiger partial charge is 0.328 e. The maximum absolute atomic E-state index is 11.7. The second kappa shape index (κ2) is 4.70. The van der Waals surface area contributed by atoms with Crippen LogP contribution in [0.15, 0.2) is 38.5 Å². The standard InChI is InChI=1S/C13H11BrN2O3/c14-10-5-8-2-4-19-12(8)9(6-10)7-16-3-1-11(17)15-13(16)18/h1,3,5-6H,2,4,7H2,(H,15,17,18). The second-order valence-electron chi connectivity index (χ2n) is 4.39. The van der Waals surface area contributed by atoms with Crippen molar-refractivity contribution in [1.82, 2.24) is 9.55 Å². The Kier molecular flexibility index (Phi) is 3.02. The van der Waals surface area contributed by atoms with Crippen LogP contribution in [0.4, 0.5) is 0 Å². The lowest BCUT2D eigenvalue weighted by Gasteiger charge is -2.10. The van der Waals surface area contributed by atoms with Crippen molar-refractivity contribution < 1.29 is 4.74 Å². The van der Waals surface area contributed by atoms with E-state index in [1.807, 2.05) is 12.1 Å². The molecule has 5 nitrogen and oxygen atoms in total. The summed E-state index contributed by atoms with van der Waals surface area (Å²) < 4.78 is 8.02. The van der Waals surface area contributed by atoms with Gasteiger partial charge in [-0.1, -0.05) is 15.9 Å². The first-order valence-electron chi connectivity index (χ1n) is 5.87. The van der Waals surface area contributed by atoms with Gasteiger partial charge in [0.15, 0.2) is 0 Å². The number of hydrogen-bond acceptors (Lipinski definition) is 3. The van der Waals surface area contributed by atoms with Gasteiger partial charge in [-0.3, -0.25) is 14.3 Å². The van der Waals surface area contributed by atoms with E-state index in [1.165, 1.54) is 16.8 Å². The third-order valence-corrected chi connectivity index (χ3v) is 3.52. The highest BCUT2D eigenvalue weighted by molar-refractivity contribution is 9.10. The molecule has 19 heavy (non-hydrogen) atoms. The van der Waals surface area contributed by atoms with Crippen molar-refractivity contribution >= 4 is 15.9 Å². The molecule has 0 unspecified atom stereocenters. The van der Waals surface area contributed by atoms with Crippen molar-refractivity contribution in [2.45, 2.75) is 13.0 Å². The third kappa shape index (κ3) is 2.35. The number of hydrogen-bond donors (Lipinski definition) is 1. The molecule has 6 heteroatoms. The highest BCUT2D eigenvalue weighted by atomic mass is 79.9. The lowest BCUT2D eigenvalue weighted by atomic mass is 10.1. The largest absolute Gasteiger partial charge is 0.493 e. The lowest BCUT2D eigenvalue weighted by molar-refractivity contribution is 0.352. The van der Waals surface area contributed by atoms with Gasteiger partial charge in [0.05, 0.1) is 13.2 Å². The summed E-state index contributed by atoms with van der Waals surface area (Å²) in [5, 5.41) is 0. The summed E-state index contributed by atoms with van der Waals surface area (Å²) in [4.78, 5) is 25.0. The Hall–Kier alpha value is -1.82. The van der Waals surface area contributed by atoms with Crippen LogP contribution in [0.1, 0.15) is 11.1 Å². The number of aromatic nitrogens is 2. The molecule has 0 radical (unpaired) electrons. The zero-order chi connectivity index (χ0) is 13.4. The first-order valence-corrected chi connectivity index (χ1v) is 6.66. The first kappa shape index (κ1) is 12.2. The van der Waals surface area contributed by atoms with Crippen molar-refractivity contribution in [3.63, 3.8) is 0 Å². The molecule has 0 saturated carbocycles. The van der Waals surface area contributed by atoms with Gasteiger partial charge in [0.2, 0.25) is 0 Å². The molecular formula is C13H11BrN2O3. The van der Waals surface area contributed by atoms with Gasteiger partial charge in [-0.05, 0) is 17.7 Å². The van der Waals surface area contributed by atoms with E-state index in [2.05, 4.69) is 20.9 Å². The van der Waals surface area contributed by atoms with Crippen LogP contribution >= 0.6 is 15.9 Å². The predicted molar refractivity (Wildman–Crippen MR) is 73.8 cm³/mol. The van der Waals surface area contributed by atoms with Gasteiger partial charge >= 0.3 is 5.69 Å². The number of ether oxygens (including phenoxy) is 1. The lowest BCUT2D eigenvalue weighted by Crippen LogP contribution is -2.28. The molecular weight excluding hydrogens is 312 g/mol. The summed E-state index contributed by atoms with van der Waals surface area (Å²) >= 11 is 3.46. The number of nitrogens with one attached hydrogen (secondary N) is 1. The van der Waals surface area contributed by atoms with Crippen LogP contribution in [-0.2, 0) is 13.0 Å². The fourth-order valence-electron chi connectivity index (χ4n) is 2.22. The van der Waals surface area contributed by atoms with Crippen molar-refractivity contribution in [2.24, 2.45) is 0 Å². The van der Waals surface area contributed by atoms with Crippen molar-refractivity contribution in [1.29, 1.82) is 0 Å². The van der Waals surface area contributed by atoms with Gasteiger partial charge in [0.25, 0.3) is 5.56 Å². The zero-order valence-electron chi connectivity index (χ0n) is 9.98. The normalized spacial score (nSPS) is 13.1. The summed E-state index contributed by atoms with van der Waals surface area (Å²) in [5.41, 5.74) is 1.26. The number of fused-ring (bicyclic) bond motifs is 1. The van der Waals surface area contributed by atoms with E-state index < -0.39 is 11.2 Å². The van der Waals surface area contributed by atoms with Crippen molar-refractivity contribution in [3.05, 3.63) is 60.8 Å². The van der Waals surface area contributed by atoms with E-state index in [1.54, 1.807) is 0 Å². The molecule has 0 amide bonds. The molecule has 1 aromatic heterocycles. The van der Waals surface area contributed by atoms with E-state index in [0.29, 0.717) is 13.2 Å². The van der Waals surface area contributed by atoms with Crippen molar-refractivity contribution in [2.75, 3.05) is 6.61 Å². The molecule has 0 saturated heterocycles. The molecule has 3 rings (SSSR count). The topological polar surface area (TPSA) is 64.1 Å². The SMILES string of the molecule is O=c1ccn(Cc2cc(Br)cc3c2OCC3)c(=O)[nH]1. The minimum absolute atomic E-state index is 0.372. The van der Waals surface area contributed by atoms with Gasteiger partial charge in [0.1, 0.15) is 5.75 Å². The Morgan fingerprint density at radius 1 is 1.37 bits per heavy atom. The summed E-state index contributed by atoms with van der Waals surface area (Å²) in [7, 11) is 0. The highest BCUT2D eigenvalue weighted by Gasteiger charge is 2.17. The molecule has 0 aliphatic carbocycles. The van der Waals surface area contributed by atoms with Gasteiger partial charge in [-0.2, -0.15) is 0 Å². The van der Waals surface area contributed by atoms with Crippen LogP contribution < -0.4 is 16.0 Å². The van der Waals surface area contributed by atoms with Crippen LogP contribution in [0.3, 0.4) is 0 Å². The van der Waals surface area contributed by atoms with Gasteiger partial charge in [0, 0.05) is 28.7 Å². The maximum Gasteiger partial charge on any atom is 0.328 e. The van der Waals surface area contributed by atoms with Gasteiger partial charge in [-0.15, -0.1) is 0 Å². The molecule has 1 aromatic carbocycles. The number of nitrogens with zero attached hydrogens (tertiary/aromatic N) is 1. The number of aromatic amines is 1. The minimum atomic E-state index is -0.417. The van der Waals surface area contributed by atoms with Crippen LogP contribution in [0, 0.1) is 0 Å². The van der Waals surface area contributed by atoms with Crippen LogP contribution in [0.25, 0.3) is 0 Å². The Balaban J connectivity index is 2.04. The van der Waals surface area contributed by atoms with Crippen LogP contribution in [0.5, 0.6) is 5.75 Å². The third-order valence-electron chi connectivity index (χ3n) is 3.06. The molecule has 0 spiro atoms. The van der Waals surface area contributed by atoms with Crippen LogP contribution in [-0.4, -0.2) is 16.2 Å². The average Bonchev–Trinajstić information content (AvgIpc) is 2.80. The van der Waals surface area contributed by atoms with Crippen molar-refractivity contribution in [3.8, 4) is 5.75 Å². The molecule has 0 fully saturated rings. The Bertz CT molecular complexity index is 748. The Morgan fingerprint density at radius 3 is 3.00 bits per heavy atom. The zero-order valence-corrected chi connectivity index (χ0v) is 11.6. The number of H-pyrrole nitrogens is 1. The molecule has 98 valence electrons. The van der Waals surface area contributed by atoms with E-state index >= 15 is 0 Å². The molecule has 2 aromatic rings. The van der Waals surface area contributed by atoms with Gasteiger partial charge in [-0.25, -0.2) is 4.79 Å². The summed E-state index contributed by atoms with van der Waals surface area (Å²) in [6, 6.07) is 5.30. The van der Waals surface area contributed by atoms with E-state index in [-0.39, 0.29) is 0 Å². The number of rotatable bonds is 2.